The van der Waals surface area contributed by atoms with Crippen molar-refractivity contribution in [2.45, 2.75) is 75.9 Å². The molecule has 1 aromatic heterocycles. The molecular weight excluding hydrogens is 591 g/mol. The van der Waals surface area contributed by atoms with Crippen LogP contribution in [0.1, 0.15) is 49.9 Å². The van der Waals surface area contributed by atoms with Gasteiger partial charge < -0.3 is 19.9 Å². The first-order valence-electron chi connectivity index (χ1n) is 13.8. The Morgan fingerprint density at radius 1 is 1.00 bits per heavy atom. The number of hydrogen-bond acceptors (Lipinski definition) is 5. The first kappa shape index (κ1) is 31.3. The van der Waals surface area contributed by atoms with E-state index in [1.807, 2.05) is 0 Å². The summed E-state index contributed by atoms with van der Waals surface area (Å²) in [6.07, 6.45) is 2.27. The Balaban J connectivity index is 1.31. The number of piperidine rings is 1. The SMILES string of the molecule is Cc1ccc(C)n1CC1CCN(C(=O)CC[C@H](NC(=O)[C@H]2CCCN2S(=O)(=O)c2cc(Cl)cc(Cl)c2)C(=O)O)CC1. The van der Waals surface area contributed by atoms with Crippen LogP contribution in [0.5, 0.6) is 0 Å². The van der Waals surface area contributed by atoms with Crippen LogP contribution >= 0.6 is 23.2 Å². The summed E-state index contributed by atoms with van der Waals surface area (Å²) in [6, 6.07) is 5.72. The van der Waals surface area contributed by atoms with E-state index in [1.54, 1.807) is 4.90 Å². The molecule has 2 aliphatic heterocycles. The van der Waals surface area contributed by atoms with Gasteiger partial charge in [0.15, 0.2) is 0 Å². The van der Waals surface area contributed by atoms with Gasteiger partial charge >= 0.3 is 5.97 Å². The molecule has 4 rings (SSSR count). The lowest BCUT2D eigenvalue weighted by molar-refractivity contribution is -0.143. The molecule has 3 heterocycles. The molecule has 224 valence electrons. The summed E-state index contributed by atoms with van der Waals surface area (Å²) in [6.45, 7) is 6.40. The highest BCUT2D eigenvalue weighted by atomic mass is 35.5. The molecule has 2 fully saturated rings. The molecule has 2 saturated heterocycles. The third-order valence-corrected chi connectivity index (χ3v) is 10.4. The number of nitrogens with one attached hydrogen (secondary N) is 1. The van der Waals surface area contributed by atoms with Gasteiger partial charge in [0.2, 0.25) is 21.8 Å². The van der Waals surface area contributed by atoms with Gasteiger partial charge in [-0.25, -0.2) is 13.2 Å². The number of carboxylic acids is 1. The maximum Gasteiger partial charge on any atom is 0.326 e. The predicted molar refractivity (Wildman–Crippen MR) is 155 cm³/mol. The van der Waals surface area contributed by atoms with Gasteiger partial charge in [-0.1, -0.05) is 23.2 Å². The Labute approximate surface area is 250 Å². The number of halogens is 2. The van der Waals surface area contributed by atoms with Crippen molar-refractivity contribution in [1.82, 2.24) is 19.1 Å². The molecule has 0 aliphatic carbocycles. The Hall–Kier alpha value is -2.60. The lowest BCUT2D eigenvalue weighted by Gasteiger charge is -2.33. The fourth-order valence-corrected chi connectivity index (χ4v) is 8.05. The van der Waals surface area contributed by atoms with Crippen LogP contribution in [0.4, 0.5) is 0 Å². The average molecular weight is 628 g/mol. The van der Waals surface area contributed by atoms with Crippen LogP contribution < -0.4 is 5.32 Å². The van der Waals surface area contributed by atoms with Crippen LogP contribution in [0.2, 0.25) is 10.0 Å². The maximum atomic E-state index is 13.3. The average Bonchev–Trinajstić information content (AvgIpc) is 3.54. The number of sulfonamides is 1. The summed E-state index contributed by atoms with van der Waals surface area (Å²) in [4.78, 5) is 39.6. The fraction of sp³-hybridized carbons (Fsp3) is 0.536. The number of carboxylic acid groups (broad SMARTS) is 1. The molecule has 13 heteroatoms. The standard InChI is InChI=1S/C28H36Cl2N4O6S/c1-18-5-6-19(2)33(18)17-20-9-12-32(13-10-20)26(35)8-7-24(28(37)38)31-27(36)25-4-3-11-34(25)41(39,40)23-15-21(29)14-22(30)16-23/h5-6,14-16,20,24-25H,3-4,7-13,17H2,1-2H3,(H,31,36)(H,37,38)/t24-,25+/m0/s1. The number of carbonyl (C=O) groups is 3. The lowest BCUT2D eigenvalue weighted by atomic mass is 9.96. The first-order valence-corrected chi connectivity index (χ1v) is 16.0. The molecule has 1 aromatic carbocycles. The zero-order valence-corrected chi connectivity index (χ0v) is 25.5. The topological polar surface area (TPSA) is 129 Å². The van der Waals surface area contributed by atoms with Crippen LogP contribution in [-0.4, -0.2) is 76.8 Å². The zero-order chi connectivity index (χ0) is 29.9. The second-order valence-electron chi connectivity index (χ2n) is 10.9. The van der Waals surface area contributed by atoms with Gasteiger partial charge in [-0.2, -0.15) is 4.31 Å². The van der Waals surface area contributed by atoms with Crippen molar-refractivity contribution in [1.29, 1.82) is 0 Å². The van der Waals surface area contributed by atoms with Crippen molar-refractivity contribution in [3.8, 4) is 0 Å². The molecular formula is C28H36Cl2N4O6S. The van der Waals surface area contributed by atoms with E-state index in [9.17, 15) is 27.9 Å². The van der Waals surface area contributed by atoms with Crippen LogP contribution in [0.25, 0.3) is 0 Å². The Morgan fingerprint density at radius 3 is 2.20 bits per heavy atom. The van der Waals surface area contributed by atoms with E-state index in [0.29, 0.717) is 25.4 Å². The van der Waals surface area contributed by atoms with Crippen LogP contribution in [0, 0.1) is 19.8 Å². The van der Waals surface area contributed by atoms with Gasteiger partial charge in [-0.15, -0.1) is 0 Å². The Kier molecular flexibility index (Phi) is 10.0. The molecule has 2 N–H and O–H groups in total. The van der Waals surface area contributed by atoms with Gasteiger partial charge in [0.25, 0.3) is 0 Å². The van der Waals surface area contributed by atoms with Gasteiger partial charge in [0.05, 0.1) is 4.90 Å². The fourth-order valence-electron chi connectivity index (χ4n) is 5.66. The number of nitrogens with zero attached hydrogens (tertiary/aromatic N) is 3. The van der Waals surface area contributed by atoms with Crippen LogP contribution in [-0.2, 0) is 31.0 Å². The monoisotopic (exact) mass is 626 g/mol. The Bertz CT molecular complexity index is 1360. The van der Waals surface area contributed by atoms with Crippen molar-refractivity contribution in [3.63, 3.8) is 0 Å². The summed E-state index contributed by atoms with van der Waals surface area (Å²) in [5, 5.41) is 12.5. The molecule has 10 nitrogen and oxygen atoms in total. The van der Waals surface area contributed by atoms with E-state index >= 15 is 0 Å². The van der Waals surface area contributed by atoms with Crippen LogP contribution in [0.3, 0.4) is 0 Å². The maximum absolute atomic E-state index is 13.3. The first-order chi connectivity index (χ1) is 19.4. The van der Waals surface area contributed by atoms with E-state index in [0.717, 1.165) is 23.7 Å². The quantitative estimate of drug-likeness (QED) is 0.412. The summed E-state index contributed by atoms with van der Waals surface area (Å²) < 4.78 is 29.9. The van der Waals surface area contributed by atoms with E-state index in [1.165, 1.54) is 29.6 Å². The lowest BCUT2D eigenvalue weighted by Crippen LogP contribution is -2.51. The van der Waals surface area contributed by atoms with Gasteiger partial charge in [0.1, 0.15) is 12.1 Å². The molecule has 0 radical (unpaired) electrons. The molecule has 2 aromatic rings. The number of hydrogen-bond donors (Lipinski definition) is 2. The Morgan fingerprint density at radius 2 is 1.61 bits per heavy atom. The number of carbonyl (C=O) groups excluding carboxylic acids is 2. The molecule has 0 unspecified atom stereocenters. The van der Waals surface area contributed by atoms with Gasteiger partial charge in [0, 0.05) is 54.0 Å². The molecule has 0 saturated carbocycles. The van der Waals surface area contributed by atoms with E-state index in [4.69, 9.17) is 23.2 Å². The number of aliphatic carboxylic acids is 1. The summed E-state index contributed by atoms with van der Waals surface area (Å²) >= 11 is 12.0. The summed E-state index contributed by atoms with van der Waals surface area (Å²) in [5.41, 5.74) is 2.44. The largest absolute Gasteiger partial charge is 0.480 e. The number of rotatable bonds is 10. The van der Waals surface area contributed by atoms with Crippen molar-refractivity contribution >= 4 is 51.0 Å². The van der Waals surface area contributed by atoms with E-state index < -0.39 is 34.0 Å². The van der Waals surface area contributed by atoms with E-state index in [2.05, 4.69) is 35.9 Å². The second kappa shape index (κ2) is 13.1. The molecule has 2 amide bonds. The number of likely N-dealkylation sites (tertiary alicyclic amines) is 1. The van der Waals surface area contributed by atoms with Crippen molar-refractivity contribution in [3.05, 3.63) is 51.8 Å². The molecule has 2 atom stereocenters. The smallest absolute Gasteiger partial charge is 0.326 e. The van der Waals surface area contributed by atoms with E-state index in [-0.39, 0.29) is 46.7 Å². The molecule has 2 aliphatic rings. The highest BCUT2D eigenvalue weighted by molar-refractivity contribution is 7.89. The normalized spacial score (nSPS) is 19.3. The highest BCUT2D eigenvalue weighted by Crippen LogP contribution is 2.30. The molecule has 0 bridgehead atoms. The van der Waals surface area contributed by atoms with Crippen molar-refractivity contribution in [2.24, 2.45) is 5.92 Å². The third-order valence-electron chi connectivity index (χ3n) is 8.04. The zero-order valence-electron chi connectivity index (χ0n) is 23.2. The minimum absolute atomic E-state index is 0.0363. The summed E-state index contributed by atoms with van der Waals surface area (Å²) in [7, 11) is -4.11. The van der Waals surface area contributed by atoms with Crippen LogP contribution in [0.15, 0.2) is 35.2 Å². The van der Waals surface area contributed by atoms with Gasteiger partial charge in [-0.05, 0) is 82.2 Å². The highest BCUT2D eigenvalue weighted by Gasteiger charge is 2.41. The third kappa shape index (κ3) is 7.43. The summed E-state index contributed by atoms with van der Waals surface area (Å²) in [5.74, 6) is -1.68. The number of benzene rings is 1. The number of aryl methyl sites for hydroxylation is 2. The number of aromatic nitrogens is 1. The van der Waals surface area contributed by atoms with Crippen molar-refractivity contribution in [2.75, 3.05) is 19.6 Å². The molecule has 41 heavy (non-hydrogen) atoms. The molecule has 0 spiro atoms. The van der Waals surface area contributed by atoms with Gasteiger partial charge in [-0.3, -0.25) is 9.59 Å². The van der Waals surface area contributed by atoms with Crippen molar-refractivity contribution < 1.29 is 27.9 Å². The predicted octanol–water partition coefficient (Wildman–Crippen LogP) is 3.85. The minimum atomic E-state index is -4.11. The second-order valence-corrected chi connectivity index (χ2v) is 13.6. The minimum Gasteiger partial charge on any atom is -0.480 e. The number of amides is 2.